The van der Waals surface area contributed by atoms with Crippen LogP contribution in [0.5, 0.6) is 0 Å². The summed E-state index contributed by atoms with van der Waals surface area (Å²) in [5, 5.41) is 8.02. The molecule has 0 spiro atoms. The topological polar surface area (TPSA) is 80.4 Å². The minimum absolute atomic E-state index is 0.0938. The molecule has 7 nitrogen and oxygen atoms in total. The van der Waals surface area contributed by atoms with Gasteiger partial charge in [0, 0.05) is 23.8 Å². The van der Waals surface area contributed by atoms with E-state index in [1.165, 1.54) is 4.90 Å². The minimum Gasteiger partial charge on any atom is -0.467 e. The highest BCUT2D eigenvalue weighted by atomic mass is 35.5. The Bertz CT molecular complexity index is 1220. The third-order valence-corrected chi connectivity index (χ3v) is 5.32. The van der Waals surface area contributed by atoms with Gasteiger partial charge in [0.25, 0.3) is 5.91 Å². The van der Waals surface area contributed by atoms with Crippen molar-refractivity contribution in [2.45, 2.75) is 13.1 Å². The van der Waals surface area contributed by atoms with Crippen LogP contribution in [0.3, 0.4) is 0 Å². The highest BCUT2D eigenvalue weighted by molar-refractivity contribution is 6.30. The molecule has 0 bridgehead atoms. The second-order valence-electron chi connectivity index (χ2n) is 7.60. The van der Waals surface area contributed by atoms with E-state index < -0.39 is 0 Å². The lowest BCUT2D eigenvalue weighted by atomic mass is 10.1. The van der Waals surface area contributed by atoms with Gasteiger partial charge < -0.3 is 14.6 Å². The normalized spacial score (nSPS) is 10.7. The summed E-state index contributed by atoms with van der Waals surface area (Å²) in [7, 11) is 1.59. The summed E-state index contributed by atoms with van der Waals surface area (Å²) in [5.41, 5.74) is 2.78. The molecule has 0 saturated carbocycles. The van der Waals surface area contributed by atoms with Crippen LogP contribution in [0.2, 0.25) is 5.02 Å². The zero-order chi connectivity index (χ0) is 23.2. The molecule has 4 rings (SSSR count). The van der Waals surface area contributed by atoms with Crippen molar-refractivity contribution in [2.75, 3.05) is 13.6 Å². The summed E-state index contributed by atoms with van der Waals surface area (Å²) in [6.07, 6.45) is 3.26. The van der Waals surface area contributed by atoms with Crippen LogP contribution in [0.15, 0.2) is 83.6 Å². The van der Waals surface area contributed by atoms with Crippen molar-refractivity contribution in [1.82, 2.24) is 20.0 Å². The van der Waals surface area contributed by atoms with Crippen molar-refractivity contribution in [3.63, 3.8) is 0 Å². The molecule has 8 heteroatoms. The molecule has 0 aliphatic rings. The van der Waals surface area contributed by atoms with E-state index in [0.29, 0.717) is 28.6 Å². The van der Waals surface area contributed by atoms with E-state index in [9.17, 15) is 9.59 Å². The molecule has 1 N–H and O–H groups in total. The Morgan fingerprint density at radius 1 is 1.06 bits per heavy atom. The van der Waals surface area contributed by atoms with Crippen molar-refractivity contribution >= 4 is 23.4 Å². The Balaban J connectivity index is 1.54. The van der Waals surface area contributed by atoms with Gasteiger partial charge in [-0.25, -0.2) is 0 Å². The number of carbonyl (C=O) groups excluding carboxylic acids is 2. The predicted octanol–water partition coefficient (Wildman–Crippen LogP) is 4.23. The average Bonchev–Trinajstić information content (AvgIpc) is 3.48. The Kier molecular flexibility index (Phi) is 6.90. The van der Waals surface area contributed by atoms with Crippen molar-refractivity contribution in [1.29, 1.82) is 0 Å². The molecule has 2 amide bonds. The summed E-state index contributed by atoms with van der Waals surface area (Å²) in [4.78, 5) is 27.0. The summed E-state index contributed by atoms with van der Waals surface area (Å²) in [6, 6.07) is 20.6. The van der Waals surface area contributed by atoms with E-state index in [0.717, 1.165) is 11.1 Å². The first-order valence-corrected chi connectivity index (χ1v) is 10.8. The number of nitrogens with one attached hydrogen (secondary N) is 1. The Labute approximate surface area is 196 Å². The van der Waals surface area contributed by atoms with Crippen LogP contribution in [0, 0.1) is 0 Å². The summed E-state index contributed by atoms with van der Waals surface area (Å²) in [5.74, 6) is 0.0592. The second-order valence-corrected chi connectivity index (χ2v) is 8.04. The fourth-order valence-electron chi connectivity index (χ4n) is 3.40. The smallest absolute Gasteiger partial charge is 0.257 e. The zero-order valence-electron chi connectivity index (χ0n) is 18.1. The molecule has 0 unspecified atom stereocenters. The number of likely N-dealkylation sites (N-methyl/N-ethyl adjacent to an activating group) is 1. The first kappa shape index (κ1) is 22.4. The molecule has 0 aliphatic carbocycles. The van der Waals surface area contributed by atoms with Gasteiger partial charge in [0.1, 0.15) is 11.5 Å². The minimum atomic E-state index is -0.299. The van der Waals surface area contributed by atoms with Crippen molar-refractivity contribution in [3.05, 3.63) is 101 Å². The molecule has 4 aromatic rings. The predicted molar refractivity (Wildman–Crippen MR) is 126 cm³/mol. The molecular weight excluding hydrogens is 440 g/mol. The van der Waals surface area contributed by atoms with Gasteiger partial charge in [-0.1, -0.05) is 54.1 Å². The SMILES string of the molecule is CN(CC(=O)NCc1ccco1)C(=O)c1cn(Cc2ccccc2)nc1-c1ccc(Cl)cc1. The first-order valence-electron chi connectivity index (χ1n) is 10.4. The van der Waals surface area contributed by atoms with E-state index in [1.807, 2.05) is 42.5 Å². The number of hydrogen-bond donors (Lipinski definition) is 1. The first-order chi connectivity index (χ1) is 16.0. The highest BCUT2D eigenvalue weighted by Crippen LogP contribution is 2.25. The van der Waals surface area contributed by atoms with Crippen LogP contribution < -0.4 is 5.32 Å². The summed E-state index contributed by atoms with van der Waals surface area (Å²) in [6.45, 7) is 0.685. The number of aromatic nitrogens is 2. The maximum absolute atomic E-state index is 13.3. The second kappa shape index (κ2) is 10.2. The molecule has 2 aromatic heterocycles. The standard InChI is InChI=1S/C25H23ClN4O3/c1-29(17-23(31)27-14-21-8-5-13-33-21)25(32)22-16-30(15-18-6-3-2-4-7-18)28-24(22)19-9-11-20(26)12-10-19/h2-13,16H,14-15,17H2,1H3,(H,27,31). The van der Waals surface area contributed by atoms with Gasteiger partial charge in [-0.2, -0.15) is 5.10 Å². The van der Waals surface area contributed by atoms with Gasteiger partial charge in [0.2, 0.25) is 5.91 Å². The summed E-state index contributed by atoms with van der Waals surface area (Å²) < 4.78 is 6.95. The van der Waals surface area contributed by atoms with E-state index in [1.54, 1.807) is 48.5 Å². The molecule has 0 radical (unpaired) electrons. The van der Waals surface area contributed by atoms with Gasteiger partial charge in [0.05, 0.1) is 31.5 Å². The van der Waals surface area contributed by atoms with Crippen molar-refractivity contribution < 1.29 is 14.0 Å². The molecule has 168 valence electrons. The Morgan fingerprint density at radius 3 is 2.52 bits per heavy atom. The van der Waals surface area contributed by atoms with Crippen LogP contribution in [0.25, 0.3) is 11.3 Å². The van der Waals surface area contributed by atoms with Crippen LogP contribution in [0.4, 0.5) is 0 Å². The lowest BCUT2D eigenvalue weighted by Crippen LogP contribution is -2.38. The van der Waals surface area contributed by atoms with Crippen molar-refractivity contribution in [3.8, 4) is 11.3 Å². The van der Waals surface area contributed by atoms with Gasteiger partial charge in [0.15, 0.2) is 0 Å². The van der Waals surface area contributed by atoms with E-state index in [4.69, 9.17) is 16.0 Å². The Morgan fingerprint density at radius 2 is 1.82 bits per heavy atom. The molecule has 2 aromatic carbocycles. The van der Waals surface area contributed by atoms with Crippen LogP contribution in [0.1, 0.15) is 21.7 Å². The van der Waals surface area contributed by atoms with E-state index >= 15 is 0 Å². The van der Waals surface area contributed by atoms with E-state index in [-0.39, 0.29) is 24.9 Å². The molecule has 0 atom stereocenters. The van der Waals surface area contributed by atoms with Gasteiger partial charge in [-0.3, -0.25) is 14.3 Å². The fourth-order valence-corrected chi connectivity index (χ4v) is 3.52. The average molecular weight is 463 g/mol. The maximum atomic E-state index is 13.3. The quantitative estimate of drug-likeness (QED) is 0.425. The monoisotopic (exact) mass is 462 g/mol. The van der Waals surface area contributed by atoms with Crippen LogP contribution >= 0.6 is 11.6 Å². The number of hydrogen-bond acceptors (Lipinski definition) is 4. The fraction of sp³-hybridized carbons (Fsp3) is 0.160. The summed E-state index contributed by atoms with van der Waals surface area (Å²) >= 11 is 6.04. The lowest BCUT2D eigenvalue weighted by molar-refractivity contribution is -0.121. The van der Waals surface area contributed by atoms with Gasteiger partial charge in [-0.15, -0.1) is 0 Å². The number of benzene rings is 2. The Hall–Kier alpha value is -3.84. The number of carbonyl (C=O) groups is 2. The van der Waals surface area contributed by atoms with E-state index in [2.05, 4.69) is 10.4 Å². The lowest BCUT2D eigenvalue weighted by Gasteiger charge is -2.16. The number of amides is 2. The number of halogens is 1. The zero-order valence-corrected chi connectivity index (χ0v) is 18.8. The number of furan rings is 1. The van der Waals surface area contributed by atoms with Gasteiger partial charge >= 0.3 is 0 Å². The molecular formula is C25H23ClN4O3. The molecule has 33 heavy (non-hydrogen) atoms. The molecule has 0 aliphatic heterocycles. The largest absolute Gasteiger partial charge is 0.467 e. The molecule has 0 saturated heterocycles. The highest BCUT2D eigenvalue weighted by Gasteiger charge is 2.22. The third-order valence-electron chi connectivity index (χ3n) is 5.06. The number of nitrogens with zero attached hydrogens (tertiary/aromatic N) is 3. The number of rotatable bonds is 8. The van der Waals surface area contributed by atoms with Crippen molar-refractivity contribution in [2.24, 2.45) is 0 Å². The maximum Gasteiger partial charge on any atom is 0.257 e. The van der Waals surface area contributed by atoms with Gasteiger partial charge in [-0.05, 0) is 29.8 Å². The van der Waals surface area contributed by atoms with Crippen LogP contribution in [-0.4, -0.2) is 40.1 Å². The molecule has 2 heterocycles. The van der Waals surface area contributed by atoms with Crippen LogP contribution in [-0.2, 0) is 17.9 Å². The molecule has 0 fully saturated rings. The third kappa shape index (κ3) is 5.70.